The number of carboxylic acids is 1. The van der Waals surface area contributed by atoms with Gasteiger partial charge in [0, 0.05) is 31.4 Å². The maximum Gasteiger partial charge on any atom is 0.320 e. The highest BCUT2D eigenvalue weighted by Crippen LogP contribution is 2.25. The van der Waals surface area contributed by atoms with E-state index in [1.165, 1.54) is 30.5 Å². The van der Waals surface area contributed by atoms with E-state index in [4.69, 9.17) is 21.1 Å². The fourth-order valence-electron chi connectivity index (χ4n) is 2.96. The number of nitrogens with zero attached hydrogens (tertiary/aromatic N) is 3. The topological polar surface area (TPSA) is 134 Å². The molecule has 34 heavy (non-hydrogen) atoms. The van der Waals surface area contributed by atoms with Gasteiger partial charge in [0.25, 0.3) is 0 Å². The first-order valence-corrected chi connectivity index (χ1v) is 10.3. The van der Waals surface area contributed by atoms with Gasteiger partial charge in [0.15, 0.2) is 11.5 Å². The zero-order valence-electron chi connectivity index (χ0n) is 18.1. The molecule has 0 aliphatic heterocycles. The van der Waals surface area contributed by atoms with E-state index in [2.05, 4.69) is 21.8 Å². The number of pyridine rings is 2. The summed E-state index contributed by atoms with van der Waals surface area (Å²) in [5.74, 6) is 4.19. The highest BCUT2D eigenvalue weighted by atomic mass is 19.1. The van der Waals surface area contributed by atoms with E-state index in [9.17, 15) is 9.18 Å². The van der Waals surface area contributed by atoms with Crippen LogP contribution in [0.25, 0.3) is 5.65 Å². The Morgan fingerprint density at radius 2 is 1.94 bits per heavy atom. The second-order valence-corrected chi connectivity index (χ2v) is 7.33. The minimum atomic E-state index is -1.10. The lowest BCUT2D eigenvalue weighted by atomic mass is 10.1. The third-order valence-electron chi connectivity index (χ3n) is 4.66. The van der Waals surface area contributed by atoms with Crippen LogP contribution in [0.1, 0.15) is 23.4 Å². The second-order valence-electron chi connectivity index (χ2n) is 7.33. The number of hydrogen-bond acceptors (Lipinski definition) is 6. The monoisotopic (exact) mass is 462 g/mol. The number of halogens is 1. The highest BCUT2D eigenvalue weighted by Gasteiger charge is 2.12. The Morgan fingerprint density at radius 1 is 1.12 bits per heavy atom. The van der Waals surface area contributed by atoms with Gasteiger partial charge in [0.2, 0.25) is 0 Å². The van der Waals surface area contributed by atoms with Crippen LogP contribution in [0.5, 0.6) is 11.5 Å². The zero-order valence-corrected chi connectivity index (χ0v) is 18.1. The molecule has 1 atom stereocenters. The molecule has 3 heterocycles. The number of rotatable bonds is 5. The van der Waals surface area contributed by atoms with Crippen LogP contribution in [0.4, 0.5) is 4.39 Å². The number of aromatic nitrogens is 3. The molecule has 4 aromatic rings. The molecular weight excluding hydrogens is 439 g/mol. The molecular formula is C25H23FN4O4. The maximum absolute atomic E-state index is 13.1. The first-order valence-electron chi connectivity index (χ1n) is 10.3. The van der Waals surface area contributed by atoms with Crippen molar-refractivity contribution in [2.75, 3.05) is 0 Å². The number of aromatic hydroxyl groups is 2. The molecule has 5 N–H and O–H groups in total. The van der Waals surface area contributed by atoms with Crippen molar-refractivity contribution >= 4 is 11.6 Å². The minimum Gasteiger partial charge on any atom is -0.504 e. The summed E-state index contributed by atoms with van der Waals surface area (Å²) in [5, 5.41) is 26.6. The summed E-state index contributed by atoms with van der Waals surface area (Å²) in [6.45, 7) is 0. The number of benzene rings is 1. The molecule has 8 nitrogen and oxygen atoms in total. The van der Waals surface area contributed by atoms with Gasteiger partial charge >= 0.3 is 5.97 Å². The number of carboxylic acid groups (broad SMARTS) is 1. The maximum atomic E-state index is 13.1. The van der Waals surface area contributed by atoms with Crippen molar-refractivity contribution in [1.29, 1.82) is 0 Å². The SMILES string of the molecule is Fc1ccc2nc(CCC#Cc3ccccn3)cn2c1.N[C@@H](Cc1ccc(O)c(O)c1)C(=O)O. The van der Waals surface area contributed by atoms with E-state index in [0.717, 1.165) is 23.5 Å². The number of fused-ring (bicyclic) bond motifs is 1. The Morgan fingerprint density at radius 3 is 2.65 bits per heavy atom. The molecule has 0 saturated carbocycles. The van der Waals surface area contributed by atoms with Gasteiger partial charge in [0.05, 0.1) is 5.69 Å². The van der Waals surface area contributed by atoms with Crippen molar-refractivity contribution in [3.05, 3.63) is 89.9 Å². The Kier molecular flexibility index (Phi) is 8.16. The standard InChI is InChI=1S/C16H12FN3.C9H11NO4/c17-13-8-9-16-19-15(12-20(16)11-13)7-2-1-5-14-6-3-4-10-18-14;10-6(9(13)14)3-5-1-2-7(11)8(12)4-5/h3-4,6,8-12H,2,7H2;1-2,4,6,11-12H,3,10H2,(H,13,14)/t;6-/m.0/s1. The van der Waals surface area contributed by atoms with Gasteiger partial charge in [0.1, 0.15) is 23.2 Å². The molecule has 4 rings (SSSR count). The number of aliphatic carboxylic acids is 1. The molecule has 0 unspecified atom stereocenters. The van der Waals surface area contributed by atoms with Crippen LogP contribution >= 0.6 is 0 Å². The third kappa shape index (κ3) is 7.05. The van der Waals surface area contributed by atoms with Gasteiger partial charge in [-0.15, -0.1) is 0 Å². The Bertz CT molecular complexity index is 1330. The lowest BCUT2D eigenvalue weighted by Crippen LogP contribution is -2.32. The molecule has 0 radical (unpaired) electrons. The Labute approximate surface area is 195 Å². The number of phenolic OH excluding ortho intramolecular Hbond substituents is 2. The summed E-state index contributed by atoms with van der Waals surface area (Å²) in [6.07, 6.45) is 6.53. The molecule has 3 aromatic heterocycles. The highest BCUT2D eigenvalue weighted by molar-refractivity contribution is 5.73. The molecule has 1 aromatic carbocycles. The quantitative estimate of drug-likeness (QED) is 0.265. The molecule has 0 aliphatic rings. The Hall–Kier alpha value is -4.42. The number of aryl methyl sites for hydroxylation is 1. The van der Waals surface area contributed by atoms with E-state index in [-0.39, 0.29) is 23.7 Å². The largest absolute Gasteiger partial charge is 0.504 e. The number of nitrogens with two attached hydrogens (primary N) is 1. The van der Waals surface area contributed by atoms with Crippen molar-refractivity contribution in [3.8, 4) is 23.3 Å². The average molecular weight is 462 g/mol. The minimum absolute atomic E-state index is 0.114. The van der Waals surface area contributed by atoms with Crippen molar-refractivity contribution in [2.24, 2.45) is 5.73 Å². The summed E-state index contributed by atoms with van der Waals surface area (Å²) in [5.41, 5.74) is 8.28. The predicted octanol–water partition coefficient (Wildman–Crippen LogP) is 2.90. The van der Waals surface area contributed by atoms with Crippen molar-refractivity contribution in [1.82, 2.24) is 14.4 Å². The predicted molar refractivity (Wildman–Crippen MR) is 124 cm³/mol. The lowest BCUT2D eigenvalue weighted by molar-refractivity contribution is -0.138. The van der Waals surface area contributed by atoms with Gasteiger partial charge in [-0.25, -0.2) is 14.4 Å². The number of carbonyl (C=O) groups is 1. The van der Waals surface area contributed by atoms with E-state index < -0.39 is 12.0 Å². The first kappa shape index (κ1) is 24.2. The number of hydrogen-bond donors (Lipinski definition) is 4. The first-order chi connectivity index (χ1) is 16.3. The van der Waals surface area contributed by atoms with E-state index in [0.29, 0.717) is 12.0 Å². The van der Waals surface area contributed by atoms with Crippen molar-refractivity contribution in [2.45, 2.75) is 25.3 Å². The fourth-order valence-corrected chi connectivity index (χ4v) is 2.96. The van der Waals surface area contributed by atoms with Gasteiger partial charge in [-0.05, 0) is 54.3 Å². The van der Waals surface area contributed by atoms with Crippen LogP contribution in [0.15, 0.2) is 67.1 Å². The third-order valence-corrected chi connectivity index (χ3v) is 4.66. The molecule has 0 fully saturated rings. The second kappa shape index (κ2) is 11.4. The van der Waals surface area contributed by atoms with Gasteiger partial charge in [-0.1, -0.05) is 18.1 Å². The summed E-state index contributed by atoms with van der Waals surface area (Å²) < 4.78 is 14.8. The lowest BCUT2D eigenvalue weighted by Gasteiger charge is -2.06. The Balaban J connectivity index is 0.000000204. The van der Waals surface area contributed by atoms with Gasteiger partial charge in [-0.3, -0.25) is 4.79 Å². The number of phenols is 2. The van der Waals surface area contributed by atoms with Crippen LogP contribution < -0.4 is 5.73 Å². The normalized spacial score (nSPS) is 11.1. The summed E-state index contributed by atoms with van der Waals surface area (Å²) in [4.78, 5) is 19.0. The van der Waals surface area contributed by atoms with Crippen LogP contribution in [-0.4, -0.2) is 41.7 Å². The average Bonchev–Trinajstić information content (AvgIpc) is 3.22. The molecule has 0 aliphatic carbocycles. The van der Waals surface area contributed by atoms with Crippen LogP contribution in [-0.2, 0) is 17.6 Å². The molecule has 0 spiro atoms. The molecule has 0 saturated heterocycles. The summed E-state index contributed by atoms with van der Waals surface area (Å²) in [7, 11) is 0. The summed E-state index contributed by atoms with van der Waals surface area (Å²) >= 11 is 0. The van der Waals surface area contributed by atoms with Crippen LogP contribution in [0.3, 0.4) is 0 Å². The van der Waals surface area contributed by atoms with Crippen molar-refractivity contribution in [3.63, 3.8) is 0 Å². The van der Waals surface area contributed by atoms with Crippen LogP contribution in [0, 0.1) is 17.7 Å². The van der Waals surface area contributed by atoms with Crippen molar-refractivity contribution < 1.29 is 24.5 Å². The zero-order chi connectivity index (χ0) is 24.5. The molecule has 9 heteroatoms. The van der Waals surface area contributed by atoms with E-state index >= 15 is 0 Å². The van der Waals surface area contributed by atoms with Gasteiger partial charge < -0.3 is 25.5 Å². The summed E-state index contributed by atoms with van der Waals surface area (Å²) in [6, 6.07) is 11.8. The molecule has 0 amide bonds. The van der Waals surface area contributed by atoms with E-state index in [1.807, 2.05) is 24.4 Å². The van der Waals surface area contributed by atoms with Gasteiger partial charge in [-0.2, -0.15) is 0 Å². The van der Waals surface area contributed by atoms with Crippen LogP contribution in [0.2, 0.25) is 0 Å². The molecule has 174 valence electrons. The smallest absolute Gasteiger partial charge is 0.320 e. The van der Waals surface area contributed by atoms with E-state index in [1.54, 1.807) is 16.7 Å². The molecule has 0 bridgehead atoms. The number of imidazole rings is 1. The fraction of sp³-hybridized carbons (Fsp3) is 0.160.